The summed E-state index contributed by atoms with van der Waals surface area (Å²) in [6.45, 7) is 11.4. The molecule has 1 rings (SSSR count). The Hall–Kier alpha value is -1.70. The van der Waals surface area contributed by atoms with E-state index in [1.807, 2.05) is 19.9 Å². The van der Waals surface area contributed by atoms with E-state index in [2.05, 4.69) is 13.2 Å². The SMILES string of the molecule is C=CCc1cc(C(C)C)c(O)c(O)c1CC=C. The molecule has 0 heterocycles. The lowest BCUT2D eigenvalue weighted by Gasteiger charge is -2.16. The highest BCUT2D eigenvalue weighted by atomic mass is 16.3. The fourth-order valence-electron chi connectivity index (χ4n) is 1.92. The number of benzene rings is 1. The van der Waals surface area contributed by atoms with Crippen molar-refractivity contribution in [2.45, 2.75) is 32.6 Å². The molecule has 0 aliphatic heterocycles. The van der Waals surface area contributed by atoms with Crippen LogP contribution in [0.25, 0.3) is 0 Å². The molecule has 92 valence electrons. The molecule has 0 fully saturated rings. The van der Waals surface area contributed by atoms with Gasteiger partial charge in [0, 0.05) is 11.1 Å². The fourth-order valence-corrected chi connectivity index (χ4v) is 1.92. The van der Waals surface area contributed by atoms with E-state index in [1.54, 1.807) is 12.2 Å². The molecule has 2 N–H and O–H groups in total. The molecule has 0 aromatic heterocycles. The predicted octanol–water partition coefficient (Wildman–Crippen LogP) is 3.68. The monoisotopic (exact) mass is 232 g/mol. The lowest BCUT2D eigenvalue weighted by molar-refractivity contribution is 0.393. The van der Waals surface area contributed by atoms with Gasteiger partial charge in [0.05, 0.1) is 0 Å². The molecular weight excluding hydrogens is 212 g/mol. The molecular formula is C15H20O2. The summed E-state index contributed by atoms with van der Waals surface area (Å²) in [7, 11) is 0. The van der Waals surface area contributed by atoms with Gasteiger partial charge in [-0.05, 0) is 24.3 Å². The summed E-state index contributed by atoms with van der Waals surface area (Å²) in [5.74, 6) is 0.139. The topological polar surface area (TPSA) is 40.5 Å². The largest absolute Gasteiger partial charge is 0.504 e. The minimum atomic E-state index is -0.0204. The number of hydrogen-bond donors (Lipinski definition) is 2. The van der Waals surface area contributed by atoms with Crippen LogP contribution in [0.3, 0.4) is 0 Å². The standard InChI is InChI=1S/C15H20O2/c1-5-7-11-9-13(10(3)4)15(17)14(16)12(11)8-6-2/h5-6,9-10,16-17H,1-2,7-8H2,3-4H3. The van der Waals surface area contributed by atoms with Crippen molar-refractivity contribution in [2.75, 3.05) is 0 Å². The maximum atomic E-state index is 10.0. The first-order chi connectivity index (χ1) is 8.02. The van der Waals surface area contributed by atoms with E-state index in [4.69, 9.17) is 0 Å². The van der Waals surface area contributed by atoms with Crippen molar-refractivity contribution in [1.29, 1.82) is 0 Å². The molecule has 0 bridgehead atoms. The molecule has 0 aliphatic carbocycles. The highest BCUT2D eigenvalue weighted by molar-refractivity contribution is 5.56. The normalized spacial score (nSPS) is 10.5. The Morgan fingerprint density at radius 2 is 1.71 bits per heavy atom. The van der Waals surface area contributed by atoms with Gasteiger partial charge < -0.3 is 10.2 Å². The molecule has 0 spiro atoms. The van der Waals surface area contributed by atoms with Crippen molar-refractivity contribution >= 4 is 0 Å². The van der Waals surface area contributed by atoms with Gasteiger partial charge in [0.2, 0.25) is 0 Å². The molecule has 0 unspecified atom stereocenters. The van der Waals surface area contributed by atoms with Gasteiger partial charge in [0.15, 0.2) is 11.5 Å². The smallest absolute Gasteiger partial charge is 0.161 e. The van der Waals surface area contributed by atoms with Crippen LogP contribution in [0.5, 0.6) is 11.5 Å². The third-order valence-electron chi connectivity index (χ3n) is 2.84. The van der Waals surface area contributed by atoms with Crippen LogP contribution >= 0.6 is 0 Å². The molecule has 17 heavy (non-hydrogen) atoms. The third kappa shape index (κ3) is 2.70. The number of phenols is 2. The second-order valence-corrected chi connectivity index (χ2v) is 4.44. The van der Waals surface area contributed by atoms with Crippen molar-refractivity contribution < 1.29 is 10.2 Å². The van der Waals surface area contributed by atoms with Crippen LogP contribution in [0.4, 0.5) is 0 Å². The van der Waals surface area contributed by atoms with Gasteiger partial charge in [0.1, 0.15) is 0 Å². The van der Waals surface area contributed by atoms with Crippen LogP contribution in [0.2, 0.25) is 0 Å². The van der Waals surface area contributed by atoms with Gasteiger partial charge >= 0.3 is 0 Å². The second kappa shape index (κ2) is 5.58. The molecule has 0 amide bonds. The van der Waals surface area contributed by atoms with Crippen molar-refractivity contribution in [2.24, 2.45) is 0 Å². The van der Waals surface area contributed by atoms with Crippen LogP contribution in [0.15, 0.2) is 31.4 Å². The maximum absolute atomic E-state index is 10.0. The Morgan fingerprint density at radius 3 is 2.18 bits per heavy atom. The quantitative estimate of drug-likeness (QED) is 0.600. The summed E-state index contributed by atoms with van der Waals surface area (Å²) in [6, 6.07) is 1.94. The Balaban J connectivity index is 3.43. The summed E-state index contributed by atoms with van der Waals surface area (Å²) in [5.41, 5.74) is 2.51. The summed E-state index contributed by atoms with van der Waals surface area (Å²) in [4.78, 5) is 0. The average molecular weight is 232 g/mol. The Kier molecular flexibility index (Phi) is 4.38. The zero-order valence-electron chi connectivity index (χ0n) is 10.5. The van der Waals surface area contributed by atoms with Crippen molar-refractivity contribution in [3.05, 3.63) is 48.1 Å². The van der Waals surface area contributed by atoms with E-state index >= 15 is 0 Å². The average Bonchev–Trinajstić information content (AvgIpc) is 2.28. The summed E-state index contributed by atoms with van der Waals surface area (Å²) in [5, 5.41) is 20.0. The molecule has 0 saturated heterocycles. The summed E-state index contributed by atoms with van der Waals surface area (Å²) in [6.07, 6.45) is 4.73. The Labute approximate surface area is 103 Å². The van der Waals surface area contributed by atoms with Crippen molar-refractivity contribution in [1.82, 2.24) is 0 Å². The zero-order chi connectivity index (χ0) is 13.0. The van der Waals surface area contributed by atoms with Crippen molar-refractivity contribution in [3.8, 4) is 11.5 Å². The van der Waals surface area contributed by atoms with Gasteiger partial charge in [-0.1, -0.05) is 32.1 Å². The highest BCUT2D eigenvalue weighted by Crippen LogP contribution is 2.39. The van der Waals surface area contributed by atoms with Crippen LogP contribution < -0.4 is 0 Å². The van der Waals surface area contributed by atoms with E-state index in [9.17, 15) is 10.2 Å². The van der Waals surface area contributed by atoms with Crippen molar-refractivity contribution in [3.63, 3.8) is 0 Å². The molecule has 1 aromatic rings. The Bertz CT molecular complexity index is 431. The molecule has 0 radical (unpaired) electrons. The second-order valence-electron chi connectivity index (χ2n) is 4.44. The van der Waals surface area contributed by atoms with Crippen LogP contribution in [0, 0.1) is 0 Å². The third-order valence-corrected chi connectivity index (χ3v) is 2.84. The summed E-state index contributed by atoms with van der Waals surface area (Å²) < 4.78 is 0. The Morgan fingerprint density at radius 1 is 1.12 bits per heavy atom. The van der Waals surface area contributed by atoms with Crippen LogP contribution in [-0.2, 0) is 12.8 Å². The number of phenolic OH excluding ortho intramolecular Hbond substituents is 2. The number of rotatable bonds is 5. The minimum absolute atomic E-state index is 0.00957. The molecule has 2 nitrogen and oxygen atoms in total. The molecule has 0 atom stereocenters. The van der Waals surface area contributed by atoms with E-state index in [0.717, 1.165) is 16.7 Å². The van der Waals surface area contributed by atoms with Crippen LogP contribution in [0.1, 0.15) is 36.5 Å². The molecule has 0 saturated carbocycles. The minimum Gasteiger partial charge on any atom is -0.504 e. The van der Waals surface area contributed by atoms with Crippen LogP contribution in [-0.4, -0.2) is 10.2 Å². The first-order valence-corrected chi connectivity index (χ1v) is 5.81. The summed E-state index contributed by atoms with van der Waals surface area (Å²) >= 11 is 0. The van der Waals surface area contributed by atoms with Gasteiger partial charge in [-0.2, -0.15) is 0 Å². The zero-order valence-corrected chi connectivity index (χ0v) is 10.5. The molecule has 0 aliphatic rings. The van der Waals surface area contributed by atoms with E-state index in [0.29, 0.717) is 12.8 Å². The fraction of sp³-hybridized carbons (Fsp3) is 0.333. The highest BCUT2D eigenvalue weighted by Gasteiger charge is 2.17. The maximum Gasteiger partial charge on any atom is 0.161 e. The first-order valence-electron chi connectivity index (χ1n) is 5.81. The lowest BCUT2D eigenvalue weighted by Crippen LogP contribution is -1.98. The number of hydrogen-bond acceptors (Lipinski definition) is 2. The number of allylic oxidation sites excluding steroid dienone is 2. The van der Waals surface area contributed by atoms with Gasteiger partial charge in [-0.25, -0.2) is 0 Å². The van der Waals surface area contributed by atoms with E-state index in [1.165, 1.54) is 0 Å². The van der Waals surface area contributed by atoms with E-state index in [-0.39, 0.29) is 17.4 Å². The lowest BCUT2D eigenvalue weighted by atomic mass is 9.92. The van der Waals surface area contributed by atoms with Gasteiger partial charge in [-0.15, -0.1) is 13.2 Å². The van der Waals surface area contributed by atoms with Gasteiger partial charge in [-0.3, -0.25) is 0 Å². The molecule has 2 heteroatoms. The van der Waals surface area contributed by atoms with E-state index < -0.39 is 0 Å². The van der Waals surface area contributed by atoms with Gasteiger partial charge in [0.25, 0.3) is 0 Å². The first kappa shape index (κ1) is 13.4. The number of aromatic hydroxyl groups is 2. The molecule has 1 aromatic carbocycles. The predicted molar refractivity (Wildman–Crippen MR) is 71.7 cm³/mol.